The van der Waals surface area contributed by atoms with Crippen LogP contribution in [0.25, 0.3) is 5.69 Å². The van der Waals surface area contributed by atoms with Gasteiger partial charge in [-0.1, -0.05) is 18.5 Å². The quantitative estimate of drug-likeness (QED) is 0.924. The summed E-state index contributed by atoms with van der Waals surface area (Å²) in [5.74, 6) is 0.0952. The fourth-order valence-corrected chi connectivity index (χ4v) is 1.84. The van der Waals surface area contributed by atoms with Gasteiger partial charge in [0.1, 0.15) is 11.5 Å². The molecule has 0 radical (unpaired) electrons. The number of tetrazole rings is 1. The summed E-state index contributed by atoms with van der Waals surface area (Å²) in [7, 11) is 0. The van der Waals surface area contributed by atoms with Gasteiger partial charge in [0, 0.05) is 5.02 Å². The van der Waals surface area contributed by atoms with Crippen LogP contribution in [0.4, 0.5) is 4.39 Å². The number of hydrogen-bond acceptors (Lipinski definition) is 4. The Hall–Kier alpha value is -1.53. The molecule has 1 aromatic carbocycles. The fourth-order valence-electron chi connectivity index (χ4n) is 1.69. The van der Waals surface area contributed by atoms with E-state index in [1.807, 2.05) is 13.8 Å². The van der Waals surface area contributed by atoms with Crippen molar-refractivity contribution >= 4 is 11.6 Å². The highest BCUT2D eigenvalue weighted by atomic mass is 35.5. The van der Waals surface area contributed by atoms with Crippen LogP contribution >= 0.6 is 11.6 Å². The van der Waals surface area contributed by atoms with Gasteiger partial charge < -0.3 is 5.32 Å². The Morgan fingerprint density at radius 3 is 2.94 bits per heavy atom. The molecule has 0 fully saturated rings. The highest BCUT2D eigenvalue weighted by molar-refractivity contribution is 6.30. The molecule has 0 aliphatic carbocycles. The van der Waals surface area contributed by atoms with Crippen molar-refractivity contribution in [3.63, 3.8) is 0 Å². The topological polar surface area (TPSA) is 55.6 Å². The lowest BCUT2D eigenvalue weighted by Gasteiger charge is -2.12. The lowest BCUT2D eigenvalue weighted by molar-refractivity contribution is 0.540. The van der Waals surface area contributed by atoms with E-state index in [4.69, 9.17) is 11.6 Å². The minimum absolute atomic E-state index is 0.0694. The van der Waals surface area contributed by atoms with E-state index in [2.05, 4.69) is 20.8 Å². The largest absolute Gasteiger partial charge is 0.308 e. The zero-order valence-electron chi connectivity index (χ0n) is 10.1. The smallest absolute Gasteiger partial charge is 0.173 e. The summed E-state index contributed by atoms with van der Waals surface area (Å²) in [6.07, 6.45) is 0. The molecule has 1 aromatic heterocycles. The van der Waals surface area contributed by atoms with Gasteiger partial charge in [0.25, 0.3) is 0 Å². The molecule has 0 bridgehead atoms. The molecule has 2 aromatic rings. The second kappa shape index (κ2) is 5.41. The Labute approximate surface area is 109 Å². The van der Waals surface area contributed by atoms with E-state index in [-0.39, 0.29) is 11.7 Å². The van der Waals surface area contributed by atoms with Gasteiger partial charge in [-0.15, -0.1) is 5.10 Å². The molecule has 0 amide bonds. The van der Waals surface area contributed by atoms with Crippen LogP contribution in [-0.4, -0.2) is 26.8 Å². The van der Waals surface area contributed by atoms with E-state index in [1.54, 1.807) is 12.1 Å². The highest BCUT2D eigenvalue weighted by Crippen LogP contribution is 2.20. The van der Waals surface area contributed by atoms with Crippen LogP contribution in [0.1, 0.15) is 25.7 Å². The van der Waals surface area contributed by atoms with Crippen LogP contribution in [0.3, 0.4) is 0 Å². The number of rotatable bonds is 4. The first-order valence-electron chi connectivity index (χ1n) is 5.60. The normalized spacial score (nSPS) is 12.7. The molecule has 7 heteroatoms. The van der Waals surface area contributed by atoms with Crippen molar-refractivity contribution in [2.45, 2.75) is 19.9 Å². The minimum Gasteiger partial charge on any atom is -0.308 e. The number of hydrogen-bond donors (Lipinski definition) is 1. The molecule has 5 nitrogen and oxygen atoms in total. The standard InChI is InChI=1S/C11H13ClFN5/c1-3-14-7(2)11-15-16-17-18(11)10-5-4-8(12)6-9(10)13/h4-7,14H,3H2,1-2H3. The predicted octanol–water partition coefficient (Wildman–Crippen LogP) is 2.13. The summed E-state index contributed by atoms with van der Waals surface area (Å²) in [6, 6.07) is 4.32. The molecule has 18 heavy (non-hydrogen) atoms. The Morgan fingerprint density at radius 1 is 1.50 bits per heavy atom. The average Bonchev–Trinajstić information content (AvgIpc) is 2.78. The molecule has 0 aliphatic rings. The Morgan fingerprint density at radius 2 is 2.28 bits per heavy atom. The summed E-state index contributed by atoms with van der Waals surface area (Å²) < 4.78 is 15.2. The molecule has 96 valence electrons. The second-order valence-corrected chi connectivity index (χ2v) is 4.26. The van der Waals surface area contributed by atoms with Crippen LogP contribution in [0.5, 0.6) is 0 Å². The van der Waals surface area contributed by atoms with E-state index >= 15 is 0 Å². The van der Waals surface area contributed by atoms with Gasteiger partial charge in [-0.3, -0.25) is 0 Å². The number of aromatic nitrogens is 4. The first-order chi connectivity index (χ1) is 8.63. The zero-order valence-corrected chi connectivity index (χ0v) is 10.8. The number of halogens is 2. The molecule has 1 atom stereocenters. The molecule has 2 rings (SSSR count). The van der Waals surface area contributed by atoms with Crippen LogP contribution in [-0.2, 0) is 0 Å². The molecule has 0 spiro atoms. The van der Waals surface area contributed by atoms with Gasteiger partial charge in [0.2, 0.25) is 0 Å². The van der Waals surface area contributed by atoms with Crippen molar-refractivity contribution in [2.75, 3.05) is 6.54 Å². The molecule has 0 saturated carbocycles. The minimum atomic E-state index is -0.459. The van der Waals surface area contributed by atoms with Crippen LogP contribution in [0.2, 0.25) is 5.02 Å². The summed E-state index contributed by atoms with van der Waals surface area (Å²) in [5, 5.41) is 14.8. The van der Waals surface area contributed by atoms with E-state index in [0.717, 1.165) is 6.54 Å². The maximum absolute atomic E-state index is 13.8. The van der Waals surface area contributed by atoms with Crippen molar-refractivity contribution in [3.8, 4) is 5.69 Å². The van der Waals surface area contributed by atoms with E-state index in [1.165, 1.54) is 10.7 Å². The molecule has 0 saturated heterocycles. The Kier molecular flexibility index (Phi) is 3.88. The van der Waals surface area contributed by atoms with E-state index in [9.17, 15) is 4.39 Å². The van der Waals surface area contributed by atoms with Crippen molar-refractivity contribution in [1.82, 2.24) is 25.5 Å². The SMILES string of the molecule is CCNC(C)c1nnnn1-c1ccc(Cl)cc1F. The summed E-state index contributed by atoms with van der Waals surface area (Å²) >= 11 is 5.72. The van der Waals surface area contributed by atoms with Crippen molar-refractivity contribution in [3.05, 3.63) is 34.9 Å². The summed E-state index contributed by atoms with van der Waals surface area (Å²) in [5.41, 5.74) is 0.282. The monoisotopic (exact) mass is 269 g/mol. The third-order valence-electron chi connectivity index (χ3n) is 2.53. The van der Waals surface area contributed by atoms with Crippen LogP contribution in [0, 0.1) is 5.82 Å². The van der Waals surface area contributed by atoms with Gasteiger partial charge in [-0.2, -0.15) is 4.68 Å². The molecule has 0 aliphatic heterocycles. The third-order valence-corrected chi connectivity index (χ3v) is 2.76. The van der Waals surface area contributed by atoms with Crippen molar-refractivity contribution in [2.24, 2.45) is 0 Å². The summed E-state index contributed by atoms with van der Waals surface area (Å²) in [6.45, 7) is 4.67. The maximum Gasteiger partial charge on any atom is 0.173 e. The number of benzene rings is 1. The Balaban J connectivity index is 2.42. The van der Waals surface area contributed by atoms with Crippen LogP contribution in [0.15, 0.2) is 18.2 Å². The second-order valence-electron chi connectivity index (χ2n) is 3.82. The number of nitrogens with one attached hydrogen (secondary N) is 1. The molecule has 1 unspecified atom stereocenters. The van der Waals surface area contributed by atoms with E-state index < -0.39 is 5.82 Å². The van der Waals surface area contributed by atoms with Gasteiger partial charge in [0.05, 0.1) is 6.04 Å². The van der Waals surface area contributed by atoms with Crippen molar-refractivity contribution < 1.29 is 4.39 Å². The summed E-state index contributed by atoms with van der Waals surface area (Å²) in [4.78, 5) is 0. The van der Waals surface area contributed by atoms with Gasteiger partial charge in [-0.25, -0.2) is 4.39 Å². The van der Waals surface area contributed by atoms with Crippen molar-refractivity contribution in [1.29, 1.82) is 0 Å². The third kappa shape index (κ3) is 2.49. The lowest BCUT2D eigenvalue weighted by atomic mass is 10.2. The Bertz CT molecular complexity index is 542. The highest BCUT2D eigenvalue weighted by Gasteiger charge is 2.17. The molecular weight excluding hydrogens is 257 g/mol. The first kappa shape index (κ1) is 12.9. The molecule has 1 N–H and O–H groups in total. The predicted molar refractivity (Wildman–Crippen MR) is 66.2 cm³/mol. The molecule has 1 heterocycles. The van der Waals surface area contributed by atoms with E-state index in [0.29, 0.717) is 10.8 Å². The zero-order chi connectivity index (χ0) is 13.1. The number of nitrogens with zero attached hydrogens (tertiary/aromatic N) is 4. The van der Waals surface area contributed by atoms with Crippen LogP contribution < -0.4 is 5.32 Å². The molecular formula is C11H13ClFN5. The average molecular weight is 270 g/mol. The van der Waals surface area contributed by atoms with Gasteiger partial charge >= 0.3 is 0 Å². The fraction of sp³-hybridized carbons (Fsp3) is 0.364. The maximum atomic E-state index is 13.8. The first-order valence-corrected chi connectivity index (χ1v) is 5.98. The lowest BCUT2D eigenvalue weighted by Crippen LogP contribution is -2.21. The van der Waals surface area contributed by atoms with Gasteiger partial charge in [0.15, 0.2) is 5.82 Å². The van der Waals surface area contributed by atoms with Gasteiger partial charge in [-0.05, 0) is 42.1 Å².